The van der Waals surface area contributed by atoms with E-state index in [1.54, 1.807) is 60.7 Å². The lowest BCUT2D eigenvalue weighted by atomic mass is 9.88. The van der Waals surface area contributed by atoms with E-state index in [-0.39, 0.29) is 5.78 Å². The van der Waals surface area contributed by atoms with Crippen LogP contribution in [-0.2, 0) is 9.53 Å². The van der Waals surface area contributed by atoms with Gasteiger partial charge in [0.2, 0.25) is 11.4 Å². The first kappa shape index (κ1) is 14.4. The molecular formula is C18H14O4. The molecule has 4 heteroatoms. The Balaban J connectivity index is 1.92. The number of Topliss-reactive ketones (excluding diaryl/α,β-unsaturated/α-hetero) is 3. The van der Waals surface area contributed by atoms with E-state index in [0.29, 0.717) is 11.1 Å². The van der Waals surface area contributed by atoms with Crippen LogP contribution in [0.2, 0.25) is 0 Å². The zero-order chi connectivity index (χ0) is 15.7. The predicted molar refractivity (Wildman–Crippen MR) is 79.8 cm³/mol. The monoisotopic (exact) mass is 294 g/mol. The van der Waals surface area contributed by atoms with Crippen molar-refractivity contribution in [3.63, 3.8) is 0 Å². The zero-order valence-corrected chi connectivity index (χ0v) is 12.0. The van der Waals surface area contributed by atoms with Gasteiger partial charge in [-0.25, -0.2) is 0 Å². The normalized spacial score (nSPS) is 22.9. The number of carbonyl (C=O) groups is 3. The lowest BCUT2D eigenvalue weighted by Crippen LogP contribution is -2.37. The van der Waals surface area contributed by atoms with Gasteiger partial charge < -0.3 is 4.74 Å². The summed E-state index contributed by atoms with van der Waals surface area (Å²) in [4.78, 5) is 37.0. The van der Waals surface area contributed by atoms with Crippen molar-refractivity contribution in [2.24, 2.45) is 0 Å². The van der Waals surface area contributed by atoms with Crippen LogP contribution >= 0.6 is 0 Å². The van der Waals surface area contributed by atoms with E-state index < -0.39 is 23.3 Å². The Morgan fingerprint density at radius 3 is 1.86 bits per heavy atom. The fourth-order valence-corrected chi connectivity index (χ4v) is 2.55. The third-order valence-corrected chi connectivity index (χ3v) is 3.81. The van der Waals surface area contributed by atoms with Gasteiger partial charge in [-0.05, 0) is 6.92 Å². The maximum absolute atomic E-state index is 12.6. The molecule has 22 heavy (non-hydrogen) atoms. The summed E-state index contributed by atoms with van der Waals surface area (Å²) in [5.74, 6) is -1.26. The molecule has 4 nitrogen and oxygen atoms in total. The van der Waals surface area contributed by atoms with Crippen LogP contribution in [0, 0.1) is 0 Å². The quantitative estimate of drug-likeness (QED) is 0.483. The van der Waals surface area contributed by atoms with Crippen LogP contribution in [0.25, 0.3) is 0 Å². The molecular weight excluding hydrogens is 280 g/mol. The van der Waals surface area contributed by atoms with E-state index in [1.165, 1.54) is 6.92 Å². The van der Waals surface area contributed by atoms with Crippen LogP contribution in [0.1, 0.15) is 27.6 Å². The summed E-state index contributed by atoms with van der Waals surface area (Å²) in [6.45, 7) is 1.28. The van der Waals surface area contributed by atoms with E-state index >= 15 is 0 Å². The maximum Gasteiger partial charge on any atom is 0.223 e. The van der Waals surface area contributed by atoms with Crippen LogP contribution in [0.3, 0.4) is 0 Å². The largest absolute Gasteiger partial charge is 0.341 e. The molecule has 2 aromatic rings. The molecule has 0 spiro atoms. The molecule has 0 saturated carbocycles. The van der Waals surface area contributed by atoms with Gasteiger partial charge in [0, 0.05) is 11.1 Å². The molecule has 1 aliphatic heterocycles. The zero-order valence-electron chi connectivity index (χ0n) is 12.0. The SMILES string of the molecule is CC(=O)[C@@]1(C(=O)c2ccccc2)O[C@H]1C(=O)c1ccccc1. The second-order valence-corrected chi connectivity index (χ2v) is 5.22. The summed E-state index contributed by atoms with van der Waals surface area (Å²) in [5, 5.41) is 0. The molecule has 0 aliphatic carbocycles. The molecule has 1 fully saturated rings. The fourth-order valence-electron chi connectivity index (χ4n) is 2.55. The van der Waals surface area contributed by atoms with Gasteiger partial charge in [-0.1, -0.05) is 60.7 Å². The summed E-state index contributed by atoms with van der Waals surface area (Å²) in [6, 6.07) is 16.9. The van der Waals surface area contributed by atoms with Crippen molar-refractivity contribution in [1.29, 1.82) is 0 Å². The number of ketones is 3. The molecule has 0 unspecified atom stereocenters. The summed E-state index contributed by atoms with van der Waals surface area (Å²) < 4.78 is 5.35. The Hall–Kier alpha value is -2.59. The van der Waals surface area contributed by atoms with Crippen molar-refractivity contribution in [2.45, 2.75) is 18.6 Å². The van der Waals surface area contributed by atoms with E-state index in [1.807, 2.05) is 0 Å². The van der Waals surface area contributed by atoms with Crippen LogP contribution < -0.4 is 0 Å². The van der Waals surface area contributed by atoms with Crippen LogP contribution in [-0.4, -0.2) is 29.1 Å². The number of hydrogen-bond donors (Lipinski definition) is 0. The van der Waals surface area contributed by atoms with Gasteiger partial charge in [-0.2, -0.15) is 0 Å². The van der Waals surface area contributed by atoms with Crippen molar-refractivity contribution in [1.82, 2.24) is 0 Å². The highest BCUT2D eigenvalue weighted by Crippen LogP contribution is 2.42. The van der Waals surface area contributed by atoms with Crippen LogP contribution in [0.4, 0.5) is 0 Å². The van der Waals surface area contributed by atoms with Gasteiger partial charge in [0.05, 0.1) is 0 Å². The number of benzene rings is 2. The molecule has 2 atom stereocenters. The van der Waals surface area contributed by atoms with Gasteiger partial charge >= 0.3 is 0 Å². The molecule has 110 valence electrons. The molecule has 0 N–H and O–H groups in total. The average Bonchev–Trinajstić information content (AvgIpc) is 3.32. The van der Waals surface area contributed by atoms with E-state index in [2.05, 4.69) is 0 Å². The molecule has 0 radical (unpaired) electrons. The van der Waals surface area contributed by atoms with Gasteiger partial charge in [0.25, 0.3) is 0 Å². The van der Waals surface area contributed by atoms with Crippen molar-refractivity contribution >= 4 is 17.3 Å². The minimum Gasteiger partial charge on any atom is -0.341 e. The van der Waals surface area contributed by atoms with Crippen molar-refractivity contribution in [3.05, 3.63) is 71.8 Å². The van der Waals surface area contributed by atoms with E-state index in [9.17, 15) is 14.4 Å². The fraction of sp³-hybridized carbons (Fsp3) is 0.167. The van der Waals surface area contributed by atoms with E-state index in [4.69, 9.17) is 4.74 Å². The minimum absolute atomic E-state index is 0.347. The van der Waals surface area contributed by atoms with Crippen molar-refractivity contribution in [3.8, 4) is 0 Å². The van der Waals surface area contributed by atoms with E-state index in [0.717, 1.165) is 0 Å². The Morgan fingerprint density at radius 2 is 1.36 bits per heavy atom. The molecule has 1 aliphatic rings. The van der Waals surface area contributed by atoms with Gasteiger partial charge in [0.1, 0.15) is 0 Å². The summed E-state index contributed by atoms with van der Waals surface area (Å²) in [5.41, 5.74) is -0.883. The van der Waals surface area contributed by atoms with Crippen LogP contribution in [0.15, 0.2) is 60.7 Å². The molecule has 0 aromatic heterocycles. The second kappa shape index (κ2) is 5.31. The number of rotatable bonds is 5. The van der Waals surface area contributed by atoms with Crippen molar-refractivity contribution < 1.29 is 19.1 Å². The number of hydrogen-bond acceptors (Lipinski definition) is 4. The summed E-state index contributed by atoms with van der Waals surface area (Å²) in [6.07, 6.45) is -1.04. The topological polar surface area (TPSA) is 63.7 Å². The highest BCUT2D eigenvalue weighted by molar-refractivity contribution is 6.25. The number of ether oxygens (including phenoxy) is 1. The Labute approximate surface area is 127 Å². The standard InChI is InChI=1S/C18H14O4/c1-12(19)18(16(21)14-10-6-3-7-11-14)17(22-18)15(20)13-8-4-2-5-9-13/h2-11,17H,1H3/t17-,18-/m0/s1. The summed E-state index contributed by atoms with van der Waals surface area (Å²) >= 11 is 0. The van der Waals surface area contributed by atoms with Gasteiger partial charge in [0.15, 0.2) is 17.7 Å². The third-order valence-electron chi connectivity index (χ3n) is 3.81. The highest BCUT2D eigenvalue weighted by Gasteiger charge is 2.69. The minimum atomic E-state index is -1.67. The van der Waals surface area contributed by atoms with Gasteiger partial charge in [-0.3, -0.25) is 14.4 Å². The lowest BCUT2D eigenvalue weighted by molar-refractivity contribution is -0.120. The number of epoxide rings is 1. The highest BCUT2D eigenvalue weighted by atomic mass is 16.6. The first-order valence-electron chi connectivity index (χ1n) is 6.95. The Kier molecular flexibility index (Phi) is 3.47. The first-order valence-corrected chi connectivity index (χ1v) is 6.95. The molecule has 3 rings (SSSR count). The van der Waals surface area contributed by atoms with Gasteiger partial charge in [-0.15, -0.1) is 0 Å². The summed E-state index contributed by atoms with van der Waals surface area (Å²) in [7, 11) is 0. The Morgan fingerprint density at radius 1 is 0.864 bits per heavy atom. The molecule has 0 amide bonds. The molecule has 1 saturated heterocycles. The predicted octanol–water partition coefficient (Wildman–Crippen LogP) is 2.48. The Bertz CT molecular complexity index is 736. The first-order chi connectivity index (χ1) is 10.6. The second-order valence-electron chi connectivity index (χ2n) is 5.22. The molecule has 2 aromatic carbocycles. The smallest absolute Gasteiger partial charge is 0.223 e. The molecule has 0 bridgehead atoms. The third kappa shape index (κ3) is 2.18. The van der Waals surface area contributed by atoms with Crippen molar-refractivity contribution in [2.75, 3.05) is 0 Å². The lowest BCUT2D eigenvalue weighted by Gasteiger charge is -2.08. The van der Waals surface area contributed by atoms with Crippen LogP contribution in [0.5, 0.6) is 0 Å². The molecule has 1 heterocycles. The number of carbonyl (C=O) groups excluding carboxylic acids is 3. The average molecular weight is 294 g/mol. The maximum atomic E-state index is 12.6.